The van der Waals surface area contributed by atoms with Gasteiger partial charge in [-0.1, -0.05) is 11.6 Å². The minimum absolute atomic E-state index is 0.101. The lowest BCUT2D eigenvalue weighted by Gasteiger charge is -2.55. The second-order valence-electron chi connectivity index (χ2n) is 9.17. The molecule has 11 heteroatoms. The van der Waals surface area contributed by atoms with Crippen LogP contribution in [0.3, 0.4) is 0 Å². The van der Waals surface area contributed by atoms with Crippen LogP contribution in [0.2, 0.25) is 5.02 Å². The largest absolute Gasteiger partial charge is 0.380 e. The molecule has 2 fully saturated rings. The molecule has 1 spiro atoms. The molecule has 0 radical (unpaired) electrons. The molecule has 4 aromatic rings. The van der Waals surface area contributed by atoms with Gasteiger partial charge < -0.3 is 19.9 Å². The number of carbonyl (C=O) groups is 2. The summed E-state index contributed by atoms with van der Waals surface area (Å²) in [6, 6.07) is 4.87. The summed E-state index contributed by atoms with van der Waals surface area (Å²) in [5, 5.41) is 8.88. The van der Waals surface area contributed by atoms with Gasteiger partial charge in [0.25, 0.3) is 5.91 Å². The van der Waals surface area contributed by atoms with Crippen LogP contribution in [0.25, 0.3) is 33.5 Å². The molecule has 2 amide bonds. The first-order valence-electron chi connectivity index (χ1n) is 11.0. The van der Waals surface area contributed by atoms with E-state index in [-0.39, 0.29) is 11.3 Å². The van der Waals surface area contributed by atoms with E-state index in [2.05, 4.69) is 20.4 Å². The van der Waals surface area contributed by atoms with E-state index in [1.807, 2.05) is 19.2 Å². The Labute approximate surface area is 199 Å². The fourth-order valence-electron chi connectivity index (χ4n) is 4.70. The Kier molecular flexibility index (Phi) is 4.65. The van der Waals surface area contributed by atoms with E-state index in [1.54, 1.807) is 35.0 Å². The first kappa shape index (κ1) is 21.1. The predicted octanol–water partition coefficient (Wildman–Crippen LogP) is 2.14. The minimum Gasteiger partial charge on any atom is -0.380 e. The van der Waals surface area contributed by atoms with E-state index in [0.717, 1.165) is 10.9 Å². The van der Waals surface area contributed by atoms with Crippen LogP contribution in [0.4, 0.5) is 0 Å². The number of hydrogen-bond acceptors (Lipinski definition) is 6. The lowest BCUT2D eigenvalue weighted by atomic mass is 9.78. The summed E-state index contributed by atoms with van der Waals surface area (Å²) in [7, 11) is 1.83. The van der Waals surface area contributed by atoms with Crippen molar-refractivity contribution in [2.24, 2.45) is 12.5 Å². The van der Waals surface area contributed by atoms with Gasteiger partial charge in [0, 0.05) is 36.7 Å². The number of amides is 2. The molecule has 34 heavy (non-hydrogen) atoms. The Morgan fingerprint density at radius 1 is 1.29 bits per heavy atom. The molecule has 1 atom stereocenters. The van der Waals surface area contributed by atoms with Crippen molar-refractivity contribution in [3.8, 4) is 11.4 Å². The SMILES string of the molecule is C[C@@H](NC(=O)c1c[nH]c2ncc(-c3nn(C)c4cc(Cl)ccc34)nc12)C(=O)N1CC2(COC2)C1. The number of aromatic amines is 1. The van der Waals surface area contributed by atoms with Crippen molar-refractivity contribution in [1.29, 1.82) is 0 Å². The predicted molar refractivity (Wildman–Crippen MR) is 125 cm³/mol. The van der Waals surface area contributed by atoms with Gasteiger partial charge >= 0.3 is 0 Å². The maximum Gasteiger partial charge on any atom is 0.255 e. The molecule has 6 rings (SSSR count). The van der Waals surface area contributed by atoms with Gasteiger partial charge in [-0.05, 0) is 25.1 Å². The standard InChI is InChI=1S/C23H22ClN7O3/c1-12(22(33)31-8-23(9-31)10-34-11-23)27-21(32)15-6-25-20-19(15)28-16(7-26-20)18-14-4-3-13(24)5-17(14)30(2)29-18/h3-7,12H,8-11H2,1-2H3,(H,25,26)(H,27,32)/t12-/m1/s1. The second kappa shape index (κ2) is 7.51. The number of rotatable bonds is 4. The third-order valence-corrected chi connectivity index (χ3v) is 6.82. The molecule has 0 unspecified atom stereocenters. The zero-order valence-electron chi connectivity index (χ0n) is 18.6. The molecule has 5 heterocycles. The molecule has 3 aromatic heterocycles. The van der Waals surface area contributed by atoms with Gasteiger partial charge in [-0.15, -0.1) is 0 Å². The number of nitrogens with zero attached hydrogens (tertiary/aromatic N) is 5. The average Bonchev–Trinajstić information content (AvgIpc) is 3.32. The molecule has 0 saturated carbocycles. The molecule has 2 aliphatic heterocycles. The van der Waals surface area contributed by atoms with Crippen molar-refractivity contribution in [2.75, 3.05) is 26.3 Å². The summed E-state index contributed by atoms with van der Waals surface area (Å²) in [6.07, 6.45) is 3.18. The highest BCUT2D eigenvalue weighted by Crippen LogP contribution is 2.37. The Morgan fingerprint density at radius 3 is 2.82 bits per heavy atom. The fourth-order valence-corrected chi connectivity index (χ4v) is 4.87. The number of benzene rings is 1. The molecule has 2 saturated heterocycles. The first-order valence-corrected chi connectivity index (χ1v) is 11.4. The van der Waals surface area contributed by atoms with Gasteiger partial charge in [0.05, 0.1) is 35.9 Å². The minimum atomic E-state index is -0.656. The normalized spacial score (nSPS) is 17.6. The van der Waals surface area contributed by atoms with Crippen molar-refractivity contribution >= 4 is 45.5 Å². The molecular formula is C23H22ClN7O3. The summed E-state index contributed by atoms with van der Waals surface area (Å²) in [6.45, 7) is 4.45. The highest BCUT2D eigenvalue weighted by molar-refractivity contribution is 6.31. The number of carbonyl (C=O) groups excluding carboxylic acids is 2. The van der Waals surface area contributed by atoms with Crippen LogP contribution in [0.1, 0.15) is 17.3 Å². The topological polar surface area (TPSA) is 118 Å². The van der Waals surface area contributed by atoms with Crippen LogP contribution in [0.5, 0.6) is 0 Å². The summed E-state index contributed by atoms with van der Waals surface area (Å²) in [5.41, 5.74) is 3.38. The monoisotopic (exact) mass is 479 g/mol. The number of halogens is 1. The van der Waals surface area contributed by atoms with E-state index in [0.29, 0.717) is 59.4 Å². The molecular weight excluding hydrogens is 458 g/mol. The van der Waals surface area contributed by atoms with Crippen LogP contribution in [-0.2, 0) is 16.6 Å². The first-order chi connectivity index (χ1) is 16.3. The van der Waals surface area contributed by atoms with Crippen molar-refractivity contribution in [1.82, 2.24) is 34.9 Å². The van der Waals surface area contributed by atoms with Gasteiger partial charge in [-0.2, -0.15) is 5.10 Å². The van der Waals surface area contributed by atoms with Crippen LogP contribution in [0, 0.1) is 5.41 Å². The Hall–Kier alpha value is -3.50. The lowest BCUT2D eigenvalue weighted by molar-refractivity contribution is -0.195. The quantitative estimate of drug-likeness (QED) is 0.463. The maximum atomic E-state index is 13.0. The van der Waals surface area contributed by atoms with Gasteiger partial charge in [0.1, 0.15) is 22.9 Å². The highest BCUT2D eigenvalue weighted by atomic mass is 35.5. The number of hydrogen-bond donors (Lipinski definition) is 2. The van der Waals surface area contributed by atoms with Crippen LogP contribution in [0.15, 0.2) is 30.6 Å². The lowest BCUT2D eigenvalue weighted by Crippen LogP contribution is -2.69. The van der Waals surface area contributed by atoms with Crippen molar-refractivity contribution in [2.45, 2.75) is 13.0 Å². The number of H-pyrrole nitrogens is 1. The third kappa shape index (κ3) is 3.24. The van der Waals surface area contributed by atoms with Crippen molar-refractivity contribution in [3.63, 3.8) is 0 Å². The Balaban J connectivity index is 1.26. The Morgan fingerprint density at radius 2 is 2.09 bits per heavy atom. The fraction of sp³-hybridized carbons (Fsp3) is 0.348. The zero-order chi connectivity index (χ0) is 23.6. The molecule has 174 valence electrons. The molecule has 2 aliphatic rings. The number of likely N-dealkylation sites (tertiary alicyclic amines) is 1. The average molecular weight is 480 g/mol. The second-order valence-corrected chi connectivity index (χ2v) is 9.61. The van der Waals surface area contributed by atoms with Crippen molar-refractivity contribution < 1.29 is 14.3 Å². The van der Waals surface area contributed by atoms with Crippen molar-refractivity contribution in [3.05, 3.63) is 41.2 Å². The summed E-state index contributed by atoms with van der Waals surface area (Å²) >= 11 is 6.14. The van der Waals surface area contributed by atoms with E-state index in [9.17, 15) is 9.59 Å². The number of fused-ring (bicyclic) bond motifs is 2. The van der Waals surface area contributed by atoms with Gasteiger partial charge in [-0.25, -0.2) is 9.97 Å². The maximum absolute atomic E-state index is 13.0. The van der Waals surface area contributed by atoms with E-state index < -0.39 is 11.9 Å². The number of aromatic nitrogens is 5. The number of nitrogens with one attached hydrogen (secondary N) is 2. The Bertz CT molecular complexity index is 1460. The van der Waals surface area contributed by atoms with Gasteiger partial charge in [0.15, 0.2) is 5.65 Å². The van der Waals surface area contributed by atoms with Crippen LogP contribution < -0.4 is 5.32 Å². The van der Waals surface area contributed by atoms with Crippen LogP contribution >= 0.6 is 11.6 Å². The summed E-state index contributed by atoms with van der Waals surface area (Å²) in [5.74, 6) is -0.491. The van der Waals surface area contributed by atoms with Gasteiger partial charge in [0.2, 0.25) is 5.91 Å². The molecule has 0 aliphatic carbocycles. The van der Waals surface area contributed by atoms with Gasteiger partial charge in [-0.3, -0.25) is 14.3 Å². The molecule has 1 aromatic carbocycles. The highest BCUT2D eigenvalue weighted by Gasteiger charge is 2.51. The smallest absolute Gasteiger partial charge is 0.255 e. The van der Waals surface area contributed by atoms with E-state index in [4.69, 9.17) is 21.3 Å². The number of aryl methyl sites for hydroxylation is 1. The third-order valence-electron chi connectivity index (χ3n) is 6.58. The zero-order valence-corrected chi connectivity index (χ0v) is 19.4. The number of ether oxygens (including phenoxy) is 1. The molecule has 2 N–H and O–H groups in total. The van der Waals surface area contributed by atoms with E-state index in [1.165, 1.54) is 0 Å². The van der Waals surface area contributed by atoms with Crippen LogP contribution in [-0.4, -0.2) is 73.8 Å². The molecule has 0 bridgehead atoms. The molecule has 10 nitrogen and oxygen atoms in total. The summed E-state index contributed by atoms with van der Waals surface area (Å²) in [4.78, 5) is 39.6. The summed E-state index contributed by atoms with van der Waals surface area (Å²) < 4.78 is 6.99. The van der Waals surface area contributed by atoms with E-state index >= 15 is 0 Å².